The van der Waals surface area contributed by atoms with Crippen LogP contribution in [-0.4, -0.2) is 28.5 Å². The lowest BCUT2D eigenvalue weighted by Gasteiger charge is -2.13. The highest BCUT2D eigenvalue weighted by Crippen LogP contribution is 2.35. The Kier molecular flexibility index (Phi) is 6.13. The fraction of sp³-hybridized carbons (Fsp3) is 0.150. The minimum Gasteiger partial charge on any atom is -0.325 e. The van der Waals surface area contributed by atoms with E-state index in [1.807, 2.05) is 32.0 Å². The molecule has 144 valence electrons. The zero-order valence-corrected chi connectivity index (χ0v) is 17.4. The van der Waals surface area contributed by atoms with Crippen molar-refractivity contribution in [2.75, 3.05) is 11.9 Å². The van der Waals surface area contributed by atoms with Crippen LogP contribution < -0.4 is 5.32 Å². The number of nitrogens with zero attached hydrogens (tertiary/aromatic N) is 1. The van der Waals surface area contributed by atoms with E-state index in [1.165, 1.54) is 6.08 Å². The minimum absolute atomic E-state index is 0.166. The zero-order chi connectivity index (χ0) is 20.4. The molecule has 3 rings (SSSR count). The number of thioether (sulfide) groups is 1. The topological polar surface area (TPSA) is 66.5 Å². The molecule has 0 spiro atoms. The van der Waals surface area contributed by atoms with Gasteiger partial charge in [-0.05, 0) is 67.1 Å². The highest BCUT2D eigenvalue weighted by atomic mass is 35.5. The van der Waals surface area contributed by atoms with Gasteiger partial charge in [-0.25, -0.2) is 0 Å². The maximum atomic E-state index is 12.6. The molecule has 0 radical (unpaired) electrons. The molecule has 3 amide bonds. The van der Waals surface area contributed by atoms with E-state index < -0.39 is 17.1 Å². The van der Waals surface area contributed by atoms with Crippen LogP contribution in [0.5, 0.6) is 0 Å². The van der Waals surface area contributed by atoms with E-state index in [1.54, 1.807) is 18.2 Å². The first kappa shape index (κ1) is 20.5. The second kappa shape index (κ2) is 8.39. The number of amides is 3. The fourth-order valence-electron chi connectivity index (χ4n) is 2.81. The summed E-state index contributed by atoms with van der Waals surface area (Å²) in [6.07, 6.45) is 1.47. The predicted octanol–water partition coefficient (Wildman–Crippen LogP) is 5.29. The Labute approximate surface area is 176 Å². The molecule has 0 aliphatic carbocycles. The molecule has 0 unspecified atom stereocenters. The van der Waals surface area contributed by atoms with Crippen molar-refractivity contribution < 1.29 is 14.4 Å². The van der Waals surface area contributed by atoms with Crippen molar-refractivity contribution in [1.82, 2.24) is 4.90 Å². The summed E-state index contributed by atoms with van der Waals surface area (Å²) in [5.74, 6) is -1.01. The van der Waals surface area contributed by atoms with Gasteiger partial charge in [-0.3, -0.25) is 19.3 Å². The average Bonchev–Trinajstić information content (AvgIpc) is 2.85. The summed E-state index contributed by atoms with van der Waals surface area (Å²) in [7, 11) is 0. The van der Waals surface area contributed by atoms with Crippen molar-refractivity contribution in [2.45, 2.75) is 13.8 Å². The van der Waals surface area contributed by atoms with E-state index in [0.29, 0.717) is 21.3 Å². The van der Waals surface area contributed by atoms with Crippen LogP contribution in [0.25, 0.3) is 6.08 Å². The quantitative estimate of drug-likeness (QED) is 0.664. The number of carbonyl (C=O) groups is 3. The van der Waals surface area contributed by atoms with Crippen LogP contribution in [0.3, 0.4) is 0 Å². The minimum atomic E-state index is -0.554. The predicted molar refractivity (Wildman–Crippen MR) is 114 cm³/mol. The van der Waals surface area contributed by atoms with Crippen LogP contribution in [0.4, 0.5) is 10.5 Å². The van der Waals surface area contributed by atoms with E-state index in [4.69, 9.17) is 23.2 Å². The third-order valence-electron chi connectivity index (χ3n) is 3.96. The first-order chi connectivity index (χ1) is 13.2. The molecule has 1 aliphatic rings. The van der Waals surface area contributed by atoms with Gasteiger partial charge in [0.1, 0.15) is 6.54 Å². The third kappa shape index (κ3) is 4.58. The number of hydrogen-bond acceptors (Lipinski definition) is 4. The zero-order valence-electron chi connectivity index (χ0n) is 15.1. The van der Waals surface area contributed by atoms with Gasteiger partial charge in [0.05, 0.1) is 4.91 Å². The molecule has 1 N–H and O–H groups in total. The van der Waals surface area contributed by atoms with E-state index in [9.17, 15) is 14.4 Å². The monoisotopic (exact) mass is 434 g/mol. The summed E-state index contributed by atoms with van der Waals surface area (Å²) in [5.41, 5.74) is 3.07. The number of rotatable bonds is 4. The highest BCUT2D eigenvalue weighted by molar-refractivity contribution is 8.18. The number of imide groups is 1. The second-order valence-electron chi connectivity index (χ2n) is 6.33. The molecule has 5 nitrogen and oxygen atoms in total. The van der Waals surface area contributed by atoms with E-state index >= 15 is 0 Å². The van der Waals surface area contributed by atoms with E-state index in [0.717, 1.165) is 27.8 Å². The van der Waals surface area contributed by atoms with Gasteiger partial charge in [0.15, 0.2) is 0 Å². The second-order valence-corrected chi connectivity index (χ2v) is 8.14. The molecule has 0 aromatic heterocycles. The molecule has 1 saturated heterocycles. The lowest BCUT2D eigenvalue weighted by atomic mass is 10.1. The Balaban J connectivity index is 1.75. The molecular weight excluding hydrogens is 419 g/mol. The van der Waals surface area contributed by atoms with E-state index in [-0.39, 0.29) is 11.4 Å². The average molecular weight is 435 g/mol. The largest absolute Gasteiger partial charge is 0.325 e. The molecule has 0 atom stereocenters. The van der Waals surface area contributed by atoms with Gasteiger partial charge in [-0.1, -0.05) is 35.3 Å². The lowest BCUT2D eigenvalue weighted by molar-refractivity contribution is -0.127. The molecule has 28 heavy (non-hydrogen) atoms. The summed E-state index contributed by atoms with van der Waals surface area (Å²) >= 11 is 13.0. The van der Waals surface area contributed by atoms with Crippen molar-refractivity contribution in [2.24, 2.45) is 0 Å². The van der Waals surface area contributed by atoms with Gasteiger partial charge in [-0.15, -0.1) is 0 Å². The molecule has 1 fully saturated rings. The summed E-state index contributed by atoms with van der Waals surface area (Å²) < 4.78 is 0. The number of halogens is 2. The molecule has 0 saturated carbocycles. The van der Waals surface area contributed by atoms with Gasteiger partial charge in [0.25, 0.3) is 11.1 Å². The van der Waals surface area contributed by atoms with Gasteiger partial charge in [0.2, 0.25) is 5.91 Å². The first-order valence-corrected chi connectivity index (χ1v) is 9.89. The molecular formula is C20H16Cl2N2O3S. The number of benzene rings is 2. The maximum absolute atomic E-state index is 12.6. The van der Waals surface area contributed by atoms with Gasteiger partial charge < -0.3 is 5.32 Å². The lowest BCUT2D eigenvalue weighted by Crippen LogP contribution is -2.36. The van der Waals surface area contributed by atoms with Crippen LogP contribution >= 0.6 is 35.0 Å². The van der Waals surface area contributed by atoms with Crippen LogP contribution in [-0.2, 0) is 9.59 Å². The Morgan fingerprint density at radius 1 is 1.11 bits per heavy atom. The van der Waals surface area contributed by atoms with Crippen molar-refractivity contribution in [3.8, 4) is 0 Å². The highest BCUT2D eigenvalue weighted by Gasteiger charge is 2.36. The van der Waals surface area contributed by atoms with Gasteiger partial charge in [0, 0.05) is 21.3 Å². The normalized spacial score (nSPS) is 15.4. The molecule has 2 aromatic carbocycles. The van der Waals surface area contributed by atoms with Crippen molar-refractivity contribution in [3.05, 3.63) is 68.0 Å². The van der Waals surface area contributed by atoms with Gasteiger partial charge >= 0.3 is 0 Å². The molecule has 2 aromatic rings. The number of anilines is 1. The molecule has 1 aliphatic heterocycles. The Morgan fingerprint density at radius 2 is 1.71 bits per heavy atom. The molecule has 1 heterocycles. The summed E-state index contributed by atoms with van der Waals surface area (Å²) in [4.78, 5) is 38.2. The van der Waals surface area contributed by atoms with Gasteiger partial charge in [-0.2, -0.15) is 0 Å². The fourth-order valence-corrected chi connectivity index (χ4v) is 4.13. The Morgan fingerprint density at radius 3 is 2.32 bits per heavy atom. The maximum Gasteiger partial charge on any atom is 0.294 e. The third-order valence-corrected chi connectivity index (χ3v) is 5.52. The number of carbonyl (C=O) groups excluding carboxylic acids is 3. The van der Waals surface area contributed by atoms with Crippen molar-refractivity contribution in [1.29, 1.82) is 0 Å². The number of nitrogens with one attached hydrogen (secondary N) is 1. The van der Waals surface area contributed by atoms with Crippen LogP contribution in [0.2, 0.25) is 10.0 Å². The summed E-state index contributed by atoms with van der Waals surface area (Å²) in [5, 5.41) is 2.93. The molecule has 0 bridgehead atoms. The Hall–Kier alpha value is -2.28. The smallest absolute Gasteiger partial charge is 0.294 e. The Bertz CT molecular complexity index is 980. The number of hydrogen-bond donors (Lipinski definition) is 1. The standard InChI is InChI=1S/C20H16Cl2N2O3S/c1-11-6-12(2)8-13(7-11)23-18(25)10-24-19(26)17(28-20(24)27)9-14-15(21)4-3-5-16(14)22/h3-9H,10H2,1-2H3,(H,23,25)/b17-9+. The number of aryl methyl sites for hydroxylation is 2. The van der Waals surface area contributed by atoms with Crippen LogP contribution in [0.1, 0.15) is 16.7 Å². The molecule has 8 heteroatoms. The van der Waals surface area contributed by atoms with Crippen LogP contribution in [0, 0.1) is 13.8 Å². The van der Waals surface area contributed by atoms with Crippen LogP contribution in [0.15, 0.2) is 41.3 Å². The summed E-state index contributed by atoms with van der Waals surface area (Å²) in [6.45, 7) is 3.47. The van der Waals surface area contributed by atoms with Crippen molar-refractivity contribution in [3.63, 3.8) is 0 Å². The van der Waals surface area contributed by atoms with E-state index in [2.05, 4.69) is 5.32 Å². The first-order valence-electron chi connectivity index (χ1n) is 8.32. The summed E-state index contributed by atoms with van der Waals surface area (Å²) in [6, 6.07) is 10.6. The van der Waals surface area contributed by atoms with Crippen molar-refractivity contribution >= 4 is 63.8 Å². The SMILES string of the molecule is Cc1cc(C)cc(NC(=O)CN2C(=O)S/C(=C/c3c(Cl)cccc3Cl)C2=O)c1.